The Bertz CT molecular complexity index is 1220. The van der Waals surface area contributed by atoms with Crippen molar-refractivity contribution in [2.24, 2.45) is 0 Å². The number of rotatable bonds is 8. The molecule has 4 aromatic rings. The number of thioether (sulfide) groups is 1. The van der Waals surface area contributed by atoms with E-state index in [0.717, 1.165) is 53.2 Å². The van der Waals surface area contributed by atoms with Crippen LogP contribution in [0.15, 0.2) is 84.3 Å². The number of aryl methyl sites for hydroxylation is 1. The molecule has 1 fully saturated rings. The van der Waals surface area contributed by atoms with E-state index in [9.17, 15) is 5.11 Å². The van der Waals surface area contributed by atoms with Crippen LogP contribution in [0.5, 0.6) is 5.75 Å². The van der Waals surface area contributed by atoms with Crippen molar-refractivity contribution in [1.82, 2.24) is 15.3 Å². The van der Waals surface area contributed by atoms with E-state index < -0.39 is 0 Å². The Morgan fingerprint density at radius 2 is 1.79 bits per heavy atom. The first-order valence-corrected chi connectivity index (χ1v) is 12.8. The molecule has 2 atom stereocenters. The minimum Gasteiger partial charge on any atom is -0.507 e. The van der Waals surface area contributed by atoms with E-state index >= 15 is 0 Å². The number of nitrogens with one attached hydrogen (secondary N) is 1. The summed E-state index contributed by atoms with van der Waals surface area (Å²) in [7, 11) is 0. The third kappa shape index (κ3) is 5.58. The van der Waals surface area contributed by atoms with Gasteiger partial charge in [-0.1, -0.05) is 60.3 Å². The van der Waals surface area contributed by atoms with Gasteiger partial charge in [-0.3, -0.25) is 0 Å². The van der Waals surface area contributed by atoms with Crippen molar-refractivity contribution in [3.05, 3.63) is 95.8 Å². The second kappa shape index (κ2) is 11.0. The molecule has 1 aliphatic heterocycles. The molecule has 2 unspecified atom stereocenters. The fourth-order valence-electron chi connectivity index (χ4n) is 4.58. The zero-order valence-electron chi connectivity index (χ0n) is 19.1. The van der Waals surface area contributed by atoms with Crippen LogP contribution in [-0.4, -0.2) is 40.0 Å². The van der Waals surface area contributed by atoms with Crippen LogP contribution in [0.4, 0.5) is 0 Å². The lowest BCUT2D eigenvalue weighted by Crippen LogP contribution is -2.40. The number of piperidine rings is 1. The highest BCUT2D eigenvalue weighted by Crippen LogP contribution is 2.31. The first-order valence-electron chi connectivity index (χ1n) is 11.8. The molecule has 1 aliphatic rings. The van der Waals surface area contributed by atoms with Crippen LogP contribution in [0.3, 0.4) is 0 Å². The van der Waals surface area contributed by atoms with Crippen molar-refractivity contribution in [1.29, 1.82) is 0 Å². The molecule has 0 spiro atoms. The molecule has 0 bridgehead atoms. The Morgan fingerprint density at radius 1 is 0.971 bits per heavy atom. The standard InChI is InChI=1S/C28H29N3O2S/c32-26-17-21(16-23-4-1-2-5-24(23)26)19-33-27-18-29-14-10-25(27)22-8-6-20(7-9-22)11-15-34-28-30-12-3-13-31-28/h1-9,12-13,16-17,25,27,29,32H,10-11,14-15,18-19H2. The molecule has 2 N–H and O–H groups in total. The summed E-state index contributed by atoms with van der Waals surface area (Å²) in [5.74, 6) is 1.63. The van der Waals surface area contributed by atoms with Gasteiger partial charge in [0.15, 0.2) is 5.16 Å². The molecule has 0 radical (unpaired) electrons. The summed E-state index contributed by atoms with van der Waals surface area (Å²) in [6.07, 6.45) is 5.70. The zero-order chi connectivity index (χ0) is 23.2. The van der Waals surface area contributed by atoms with Gasteiger partial charge in [0.2, 0.25) is 0 Å². The van der Waals surface area contributed by atoms with Gasteiger partial charge in [-0.2, -0.15) is 0 Å². The normalized spacial score (nSPS) is 18.2. The molecule has 1 aromatic heterocycles. The van der Waals surface area contributed by atoms with Crippen LogP contribution in [-0.2, 0) is 17.8 Å². The lowest BCUT2D eigenvalue weighted by molar-refractivity contribution is 0.0106. The van der Waals surface area contributed by atoms with Gasteiger partial charge in [-0.25, -0.2) is 9.97 Å². The third-order valence-electron chi connectivity index (χ3n) is 6.36. The summed E-state index contributed by atoms with van der Waals surface area (Å²) in [6, 6.07) is 22.7. The second-order valence-electron chi connectivity index (χ2n) is 8.66. The van der Waals surface area contributed by atoms with Crippen molar-refractivity contribution < 1.29 is 9.84 Å². The maximum atomic E-state index is 10.4. The van der Waals surface area contributed by atoms with Crippen LogP contribution < -0.4 is 5.32 Å². The van der Waals surface area contributed by atoms with E-state index in [4.69, 9.17) is 4.74 Å². The Morgan fingerprint density at radius 3 is 2.65 bits per heavy atom. The van der Waals surface area contributed by atoms with Gasteiger partial charge in [0.05, 0.1) is 12.7 Å². The number of hydrogen-bond acceptors (Lipinski definition) is 6. The monoisotopic (exact) mass is 471 g/mol. The fraction of sp³-hybridized carbons (Fsp3) is 0.286. The maximum absolute atomic E-state index is 10.4. The van der Waals surface area contributed by atoms with Gasteiger partial charge in [0.1, 0.15) is 5.75 Å². The summed E-state index contributed by atoms with van der Waals surface area (Å²) in [6.45, 7) is 2.31. The van der Waals surface area contributed by atoms with Crippen LogP contribution in [0.25, 0.3) is 10.8 Å². The average molecular weight is 472 g/mol. The molecule has 1 saturated heterocycles. The van der Waals surface area contributed by atoms with E-state index in [1.54, 1.807) is 24.2 Å². The predicted molar refractivity (Wildman–Crippen MR) is 137 cm³/mol. The SMILES string of the molecule is Oc1cc(COC2CNCCC2c2ccc(CCSc3ncccn3)cc2)cc2ccccc12. The molecule has 6 heteroatoms. The number of phenolic OH excluding ortho intramolecular Hbond substituents is 1. The first kappa shape index (κ1) is 22.8. The van der Waals surface area contributed by atoms with Gasteiger partial charge in [-0.15, -0.1) is 0 Å². The minimum atomic E-state index is 0.0963. The molecule has 174 valence electrons. The van der Waals surface area contributed by atoms with Crippen LogP contribution in [0.2, 0.25) is 0 Å². The number of aromatic nitrogens is 2. The molecule has 5 nitrogen and oxygen atoms in total. The van der Waals surface area contributed by atoms with Gasteiger partial charge in [0, 0.05) is 36.0 Å². The van der Waals surface area contributed by atoms with Gasteiger partial charge in [0.25, 0.3) is 0 Å². The fourth-order valence-corrected chi connectivity index (χ4v) is 5.37. The van der Waals surface area contributed by atoms with E-state index in [1.807, 2.05) is 36.4 Å². The molecule has 2 heterocycles. The van der Waals surface area contributed by atoms with Crippen LogP contribution in [0.1, 0.15) is 29.0 Å². The lowest BCUT2D eigenvalue weighted by atomic mass is 9.87. The van der Waals surface area contributed by atoms with Crippen LogP contribution in [0, 0.1) is 0 Å². The number of benzene rings is 3. The van der Waals surface area contributed by atoms with Gasteiger partial charge in [-0.05, 0) is 59.7 Å². The van der Waals surface area contributed by atoms with E-state index in [1.165, 1.54) is 11.1 Å². The zero-order valence-corrected chi connectivity index (χ0v) is 19.9. The van der Waals surface area contributed by atoms with Crippen molar-refractivity contribution in [2.75, 3.05) is 18.8 Å². The molecule has 0 aliphatic carbocycles. The molecule has 34 heavy (non-hydrogen) atoms. The number of aromatic hydroxyl groups is 1. The summed E-state index contributed by atoms with van der Waals surface area (Å²) in [5, 5.41) is 16.6. The Hall–Kier alpha value is -2.93. The Labute approximate surface area is 204 Å². The number of phenols is 1. The Balaban J connectivity index is 1.20. The molecular weight excluding hydrogens is 442 g/mol. The maximum Gasteiger partial charge on any atom is 0.187 e. The summed E-state index contributed by atoms with van der Waals surface area (Å²) < 4.78 is 6.39. The van der Waals surface area contributed by atoms with Crippen molar-refractivity contribution >= 4 is 22.5 Å². The highest BCUT2D eigenvalue weighted by Gasteiger charge is 2.27. The van der Waals surface area contributed by atoms with Gasteiger partial charge < -0.3 is 15.2 Å². The number of nitrogens with zero attached hydrogens (tertiary/aromatic N) is 2. The number of ether oxygens (including phenoxy) is 1. The Kier molecular flexibility index (Phi) is 7.39. The lowest BCUT2D eigenvalue weighted by Gasteiger charge is -2.32. The van der Waals surface area contributed by atoms with E-state index in [-0.39, 0.29) is 6.10 Å². The molecule has 0 amide bonds. The summed E-state index contributed by atoms with van der Waals surface area (Å²) in [4.78, 5) is 8.54. The molecular formula is C28H29N3O2S. The topological polar surface area (TPSA) is 67.3 Å². The summed E-state index contributed by atoms with van der Waals surface area (Å²) >= 11 is 1.69. The minimum absolute atomic E-state index is 0.0963. The summed E-state index contributed by atoms with van der Waals surface area (Å²) in [5.41, 5.74) is 3.65. The van der Waals surface area contributed by atoms with Crippen molar-refractivity contribution in [3.63, 3.8) is 0 Å². The van der Waals surface area contributed by atoms with Gasteiger partial charge >= 0.3 is 0 Å². The predicted octanol–water partition coefficient (Wildman–Crippen LogP) is 5.33. The first-order chi connectivity index (χ1) is 16.8. The van der Waals surface area contributed by atoms with E-state index in [2.05, 4.69) is 45.6 Å². The van der Waals surface area contributed by atoms with E-state index in [0.29, 0.717) is 18.3 Å². The molecule has 3 aromatic carbocycles. The van der Waals surface area contributed by atoms with Crippen molar-refractivity contribution in [3.8, 4) is 5.75 Å². The van der Waals surface area contributed by atoms with Crippen molar-refractivity contribution in [2.45, 2.75) is 36.6 Å². The highest BCUT2D eigenvalue weighted by molar-refractivity contribution is 7.99. The third-order valence-corrected chi connectivity index (χ3v) is 7.24. The number of hydrogen-bond donors (Lipinski definition) is 2. The highest BCUT2D eigenvalue weighted by atomic mass is 32.2. The molecule has 0 saturated carbocycles. The quantitative estimate of drug-likeness (QED) is 0.267. The number of fused-ring (bicyclic) bond motifs is 1. The average Bonchev–Trinajstić information content (AvgIpc) is 2.89. The van der Waals surface area contributed by atoms with Crippen LogP contribution >= 0.6 is 11.8 Å². The largest absolute Gasteiger partial charge is 0.507 e. The smallest absolute Gasteiger partial charge is 0.187 e. The molecule has 5 rings (SSSR count). The second-order valence-corrected chi connectivity index (χ2v) is 9.72.